The van der Waals surface area contributed by atoms with Crippen molar-refractivity contribution in [3.8, 4) is 0 Å². The highest BCUT2D eigenvalue weighted by atomic mass is 16.3. The van der Waals surface area contributed by atoms with Gasteiger partial charge in [-0.25, -0.2) is 0 Å². The number of hydrogen-bond donors (Lipinski definition) is 1. The van der Waals surface area contributed by atoms with Gasteiger partial charge in [-0.05, 0) is 41.7 Å². The number of hydrogen-bond acceptors (Lipinski definition) is 1. The zero-order valence-corrected chi connectivity index (χ0v) is 11.9. The highest BCUT2D eigenvalue weighted by molar-refractivity contribution is 5.84. The molecule has 0 saturated heterocycles. The van der Waals surface area contributed by atoms with Crippen LogP contribution in [0.15, 0.2) is 60.9 Å². The Balaban J connectivity index is 1.79. The van der Waals surface area contributed by atoms with E-state index in [-0.39, 0.29) is 0 Å². The van der Waals surface area contributed by atoms with E-state index >= 15 is 0 Å². The Morgan fingerprint density at radius 3 is 2.60 bits per heavy atom. The molecular weight excluding hydrogens is 244 g/mol. The van der Waals surface area contributed by atoms with E-state index in [1.54, 1.807) is 0 Å². The molecule has 0 amide bonds. The van der Waals surface area contributed by atoms with Crippen molar-refractivity contribution >= 4 is 16.8 Å². The standard InChI is InChI=1S/C19H22O/c1-16(20)9-5-3-2-4-6-10-17-13-14-18-11-7-8-12-19(18)15-17/h6-8,10-15,20H,1-5,9H2/b10-6+. The van der Waals surface area contributed by atoms with Gasteiger partial charge in [-0.3, -0.25) is 0 Å². The van der Waals surface area contributed by atoms with Gasteiger partial charge in [0, 0.05) is 6.42 Å². The Hall–Kier alpha value is -2.02. The molecule has 104 valence electrons. The molecule has 1 nitrogen and oxygen atoms in total. The second kappa shape index (κ2) is 7.54. The fraction of sp³-hybridized carbons (Fsp3) is 0.263. The van der Waals surface area contributed by atoms with Gasteiger partial charge in [0.25, 0.3) is 0 Å². The molecule has 0 radical (unpaired) electrons. The number of fused-ring (bicyclic) bond motifs is 1. The van der Waals surface area contributed by atoms with Crippen LogP contribution in [0.25, 0.3) is 16.8 Å². The van der Waals surface area contributed by atoms with E-state index in [1.165, 1.54) is 16.3 Å². The summed E-state index contributed by atoms with van der Waals surface area (Å²) in [6.45, 7) is 3.50. The van der Waals surface area contributed by atoms with Crippen molar-refractivity contribution in [3.63, 3.8) is 0 Å². The number of aliphatic hydroxyl groups excluding tert-OH is 1. The fourth-order valence-electron chi connectivity index (χ4n) is 2.30. The van der Waals surface area contributed by atoms with Crippen molar-refractivity contribution in [2.45, 2.75) is 32.1 Å². The van der Waals surface area contributed by atoms with E-state index in [4.69, 9.17) is 5.11 Å². The van der Waals surface area contributed by atoms with Crippen LogP contribution in [0.5, 0.6) is 0 Å². The molecule has 0 fully saturated rings. The number of aliphatic hydroxyl groups is 1. The maximum Gasteiger partial charge on any atom is 0.0851 e. The molecule has 0 heterocycles. The monoisotopic (exact) mass is 266 g/mol. The van der Waals surface area contributed by atoms with Crippen molar-refractivity contribution in [3.05, 3.63) is 66.4 Å². The first-order valence-corrected chi connectivity index (χ1v) is 7.28. The molecule has 0 saturated carbocycles. The zero-order valence-electron chi connectivity index (χ0n) is 11.9. The predicted octanol–water partition coefficient (Wildman–Crippen LogP) is 5.88. The molecule has 0 aliphatic heterocycles. The van der Waals surface area contributed by atoms with Crippen LogP contribution < -0.4 is 0 Å². The number of allylic oxidation sites excluding steroid dienone is 2. The summed E-state index contributed by atoms with van der Waals surface area (Å²) < 4.78 is 0. The van der Waals surface area contributed by atoms with Crippen LogP contribution in [0, 0.1) is 0 Å². The Kier molecular flexibility index (Phi) is 5.43. The maximum absolute atomic E-state index is 8.98. The smallest absolute Gasteiger partial charge is 0.0851 e. The highest BCUT2D eigenvalue weighted by Crippen LogP contribution is 2.17. The molecule has 2 aromatic rings. The second-order valence-electron chi connectivity index (χ2n) is 5.17. The van der Waals surface area contributed by atoms with E-state index in [9.17, 15) is 0 Å². The van der Waals surface area contributed by atoms with E-state index < -0.39 is 0 Å². The minimum atomic E-state index is 0.303. The van der Waals surface area contributed by atoms with Crippen LogP contribution in [0.1, 0.15) is 37.7 Å². The van der Waals surface area contributed by atoms with Crippen molar-refractivity contribution in [2.75, 3.05) is 0 Å². The Morgan fingerprint density at radius 2 is 1.80 bits per heavy atom. The van der Waals surface area contributed by atoms with Gasteiger partial charge >= 0.3 is 0 Å². The van der Waals surface area contributed by atoms with Crippen molar-refractivity contribution < 1.29 is 5.11 Å². The van der Waals surface area contributed by atoms with Crippen LogP contribution in [-0.4, -0.2) is 5.11 Å². The molecule has 0 aliphatic rings. The maximum atomic E-state index is 8.98. The van der Waals surface area contributed by atoms with Crippen molar-refractivity contribution in [1.29, 1.82) is 0 Å². The Morgan fingerprint density at radius 1 is 1.00 bits per heavy atom. The molecule has 1 heteroatoms. The minimum absolute atomic E-state index is 0.303. The summed E-state index contributed by atoms with van der Waals surface area (Å²) >= 11 is 0. The summed E-state index contributed by atoms with van der Waals surface area (Å²) in [4.78, 5) is 0. The SMILES string of the molecule is C=C(O)CCCCC/C=C/c1ccc2ccccc2c1. The average molecular weight is 266 g/mol. The molecular formula is C19H22O. The number of rotatable bonds is 7. The van der Waals surface area contributed by atoms with Crippen molar-refractivity contribution in [1.82, 2.24) is 0 Å². The molecule has 0 aliphatic carbocycles. The minimum Gasteiger partial charge on any atom is -0.513 e. The third kappa shape index (κ3) is 4.58. The molecule has 0 unspecified atom stereocenters. The van der Waals surface area contributed by atoms with Gasteiger partial charge in [-0.1, -0.05) is 61.5 Å². The van der Waals surface area contributed by atoms with Gasteiger partial charge in [-0.2, -0.15) is 0 Å². The molecule has 0 atom stereocenters. The first-order valence-electron chi connectivity index (χ1n) is 7.28. The predicted molar refractivity (Wildman–Crippen MR) is 87.8 cm³/mol. The topological polar surface area (TPSA) is 20.2 Å². The van der Waals surface area contributed by atoms with Crippen LogP contribution in [0.3, 0.4) is 0 Å². The van der Waals surface area contributed by atoms with Gasteiger partial charge in [0.05, 0.1) is 5.76 Å². The second-order valence-corrected chi connectivity index (χ2v) is 5.17. The third-order valence-corrected chi connectivity index (χ3v) is 3.42. The summed E-state index contributed by atoms with van der Waals surface area (Å²) in [6.07, 6.45) is 9.58. The van der Waals surface area contributed by atoms with E-state index in [0.717, 1.165) is 32.1 Å². The number of unbranched alkanes of at least 4 members (excludes halogenated alkanes) is 3. The summed E-state index contributed by atoms with van der Waals surface area (Å²) in [5.41, 5.74) is 1.26. The first kappa shape index (κ1) is 14.4. The summed E-state index contributed by atoms with van der Waals surface area (Å²) in [6, 6.07) is 15.0. The van der Waals surface area contributed by atoms with Gasteiger partial charge in [-0.15, -0.1) is 0 Å². The van der Waals surface area contributed by atoms with Crippen LogP contribution in [0.2, 0.25) is 0 Å². The van der Waals surface area contributed by atoms with E-state index in [0.29, 0.717) is 5.76 Å². The lowest BCUT2D eigenvalue weighted by atomic mass is 10.1. The largest absolute Gasteiger partial charge is 0.513 e. The quantitative estimate of drug-likeness (QED) is 0.490. The normalized spacial score (nSPS) is 11.2. The lowest BCUT2D eigenvalue weighted by Gasteiger charge is -2.00. The van der Waals surface area contributed by atoms with Gasteiger partial charge in [0.2, 0.25) is 0 Å². The summed E-state index contributed by atoms with van der Waals surface area (Å²) in [7, 11) is 0. The van der Waals surface area contributed by atoms with Gasteiger partial charge in [0.15, 0.2) is 0 Å². The lowest BCUT2D eigenvalue weighted by molar-refractivity contribution is 0.384. The van der Waals surface area contributed by atoms with Crippen LogP contribution in [-0.2, 0) is 0 Å². The molecule has 0 spiro atoms. The molecule has 1 N–H and O–H groups in total. The van der Waals surface area contributed by atoms with Gasteiger partial charge in [0.1, 0.15) is 0 Å². The zero-order chi connectivity index (χ0) is 14.2. The van der Waals surface area contributed by atoms with E-state index in [1.807, 2.05) is 0 Å². The molecule has 0 aromatic heterocycles. The average Bonchev–Trinajstić information content (AvgIpc) is 2.46. The lowest BCUT2D eigenvalue weighted by Crippen LogP contribution is -1.80. The molecule has 20 heavy (non-hydrogen) atoms. The molecule has 2 aromatic carbocycles. The van der Waals surface area contributed by atoms with E-state index in [2.05, 4.69) is 61.2 Å². The number of benzene rings is 2. The third-order valence-electron chi connectivity index (χ3n) is 3.42. The van der Waals surface area contributed by atoms with Crippen LogP contribution in [0.4, 0.5) is 0 Å². The molecule has 0 bridgehead atoms. The molecule has 2 rings (SSSR count). The van der Waals surface area contributed by atoms with Crippen molar-refractivity contribution in [2.24, 2.45) is 0 Å². The first-order chi connectivity index (χ1) is 9.75. The summed E-state index contributed by atoms with van der Waals surface area (Å²) in [5.74, 6) is 0.303. The fourth-order valence-corrected chi connectivity index (χ4v) is 2.30. The Labute approximate surface area is 121 Å². The van der Waals surface area contributed by atoms with Gasteiger partial charge < -0.3 is 5.11 Å². The Bertz CT molecular complexity index is 595. The van der Waals surface area contributed by atoms with Crippen LogP contribution >= 0.6 is 0 Å². The highest BCUT2D eigenvalue weighted by Gasteiger charge is 1.93. The summed E-state index contributed by atoms with van der Waals surface area (Å²) in [5, 5.41) is 11.6.